The molecule has 1 aromatic rings. The van der Waals surface area contributed by atoms with E-state index in [4.69, 9.17) is 21.8 Å². The summed E-state index contributed by atoms with van der Waals surface area (Å²) < 4.78 is 29.2. The molecule has 12 heavy (non-hydrogen) atoms. The smallest absolute Gasteiger partial charge is 0.249 e. The van der Waals surface area contributed by atoms with E-state index in [1.807, 2.05) is 0 Å². The van der Waals surface area contributed by atoms with Gasteiger partial charge in [0.25, 0.3) is 0 Å². The van der Waals surface area contributed by atoms with E-state index < -0.39 is 12.3 Å². The van der Waals surface area contributed by atoms with E-state index in [-0.39, 0.29) is 17.5 Å². The van der Waals surface area contributed by atoms with Crippen LogP contribution in [0.4, 0.5) is 8.78 Å². The second-order valence-corrected chi connectivity index (χ2v) is 2.69. The van der Waals surface area contributed by atoms with E-state index in [0.29, 0.717) is 0 Å². The predicted molar refractivity (Wildman–Crippen MR) is 41.5 cm³/mol. The molecule has 0 aliphatic rings. The van der Waals surface area contributed by atoms with E-state index in [1.54, 1.807) is 0 Å². The zero-order valence-corrected chi connectivity index (χ0v) is 6.89. The van der Waals surface area contributed by atoms with Crippen LogP contribution in [0.3, 0.4) is 0 Å². The Morgan fingerprint density at radius 1 is 1.50 bits per heavy atom. The second kappa shape index (κ2) is 3.87. The lowest BCUT2D eigenvalue weighted by Gasteiger charge is -2.09. The molecule has 1 atom stereocenters. The highest BCUT2D eigenvalue weighted by atomic mass is 35.5. The first kappa shape index (κ1) is 9.48. The number of furan rings is 1. The third kappa shape index (κ3) is 1.95. The third-order valence-electron chi connectivity index (χ3n) is 1.52. The quantitative estimate of drug-likeness (QED) is 0.804. The van der Waals surface area contributed by atoms with Crippen LogP contribution in [0.15, 0.2) is 16.5 Å². The fourth-order valence-electron chi connectivity index (χ4n) is 0.871. The molecule has 0 aliphatic carbocycles. The Morgan fingerprint density at radius 2 is 2.17 bits per heavy atom. The Hall–Kier alpha value is -0.610. The van der Waals surface area contributed by atoms with Crippen molar-refractivity contribution in [2.45, 2.75) is 12.3 Å². The molecule has 0 saturated heterocycles. The van der Waals surface area contributed by atoms with Gasteiger partial charge in [0.2, 0.25) is 6.43 Å². The number of alkyl halides is 2. The molecule has 0 bridgehead atoms. The maximum atomic E-state index is 12.2. The van der Waals surface area contributed by atoms with Crippen molar-refractivity contribution < 1.29 is 13.2 Å². The van der Waals surface area contributed by atoms with Crippen LogP contribution in [0.1, 0.15) is 11.7 Å². The summed E-state index contributed by atoms with van der Waals surface area (Å²) in [6, 6.07) is 2.83. The zero-order chi connectivity index (χ0) is 9.14. The SMILES string of the molecule is NCC(c1ccc(Cl)o1)C(F)F. The van der Waals surface area contributed by atoms with Gasteiger partial charge in [-0.3, -0.25) is 0 Å². The molecule has 5 heteroatoms. The Labute approximate surface area is 73.3 Å². The Balaban J connectivity index is 2.80. The van der Waals surface area contributed by atoms with Gasteiger partial charge in [0.15, 0.2) is 5.22 Å². The molecule has 2 N–H and O–H groups in total. The molecule has 1 aromatic heterocycles. The Bertz CT molecular complexity index is 251. The number of halogens is 3. The summed E-state index contributed by atoms with van der Waals surface area (Å²) in [7, 11) is 0. The molecule has 0 fully saturated rings. The van der Waals surface area contributed by atoms with Gasteiger partial charge in [0, 0.05) is 6.54 Å². The summed E-state index contributed by atoms with van der Waals surface area (Å²) in [5.74, 6) is -0.921. The van der Waals surface area contributed by atoms with Gasteiger partial charge in [-0.05, 0) is 23.7 Å². The summed E-state index contributed by atoms with van der Waals surface area (Å²) in [6.07, 6.45) is -2.52. The van der Waals surface area contributed by atoms with Crippen molar-refractivity contribution in [3.05, 3.63) is 23.1 Å². The molecule has 2 nitrogen and oxygen atoms in total. The predicted octanol–water partition coefficient (Wildman–Crippen LogP) is 2.24. The molecule has 1 rings (SSSR count). The summed E-state index contributed by atoms with van der Waals surface area (Å²) in [5, 5.41) is 0.101. The van der Waals surface area contributed by atoms with Gasteiger partial charge >= 0.3 is 0 Å². The number of hydrogen-bond donors (Lipinski definition) is 1. The van der Waals surface area contributed by atoms with Crippen molar-refractivity contribution in [1.82, 2.24) is 0 Å². The van der Waals surface area contributed by atoms with Crippen molar-refractivity contribution in [2.24, 2.45) is 5.73 Å². The second-order valence-electron chi connectivity index (χ2n) is 2.32. The molecule has 1 heterocycles. The van der Waals surface area contributed by atoms with E-state index >= 15 is 0 Å². The highest BCUT2D eigenvalue weighted by molar-refractivity contribution is 6.28. The van der Waals surface area contributed by atoms with E-state index in [1.165, 1.54) is 12.1 Å². The lowest BCUT2D eigenvalue weighted by Crippen LogP contribution is -2.18. The van der Waals surface area contributed by atoms with Gasteiger partial charge in [-0.2, -0.15) is 0 Å². The summed E-state index contributed by atoms with van der Waals surface area (Å²) in [6.45, 7) is -0.151. The zero-order valence-electron chi connectivity index (χ0n) is 6.14. The fraction of sp³-hybridized carbons (Fsp3) is 0.429. The number of rotatable bonds is 3. The summed E-state index contributed by atoms with van der Waals surface area (Å²) in [5.41, 5.74) is 5.13. The van der Waals surface area contributed by atoms with Crippen molar-refractivity contribution in [3.8, 4) is 0 Å². The Morgan fingerprint density at radius 3 is 2.50 bits per heavy atom. The van der Waals surface area contributed by atoms with Gasteiger partial charge in [0.05, 0.1) is 5.92 Å². The molecular formula is C7H8ClF2NO. The summed E-state index contributed by atoms with van der Waals surface area (Å²) in [4.78, 5) is 0. The average molecular weight is 196 g/mol. The molecule has 0 aromatic carbocycles. The lowest BCUT2D eigenvalue weighted by molar-refractivity contribution is 0.107. The highest BCUT2D eigenvalue weighted by Gasteiger charge is 2.23. The average Bonchev–Trinajstić information content (AvgIpc) is 2.37. The van der Waals surface area contributed by atoms with E-state index in [9.17, 15) is 8.78 Å². The van der Waals surface area contributed by atoms with Gasteiger partial charge in [-0.25, -0.2) is 8.78 Å². The van der Waals surface area contributed by atoms with Gasteiger partial charge in [-0.15, -0.1) is 0 Å². The fourth-order valence-corrected chi connectivity index (χ4v) is 1.02. The first-order valence-corrected chi connectivity index (χ1v) is 3.76. The first-order chi connectivity index (χ1) is 5.65. The normalized spacial score (nSPS) is 13.8. The molecule has 0 spiro atoms. The highest BCUT2D eigenvalue weighted by Crippen LogP contribution is 2.25. The largest absolute Gasteiger partial charge is 0.449 e. The van der Waals surface area contributed by atoms with Crippen LogP contribution in [0.2, 0.25) is 5.22 Å². The molecule has 0 amide bonds. The van der Waals surface area contributed by atoms with Crippen LogP contribution >= 0.6 is 11.6 Å². The number of hydrogen-bond acceptors (Lipinski definition) is 2. The molecule has 1 unspecified atom stereocenters. The monoisotopic (exact) mass is 195 g/mol. The topological polar surface area (TPSA) is 39.2 Å². The minimum absolute atomic E-state index is 0.101. The van der Waals surface area contributed by atoms with Crippen LogP contribution in [0, 0.1) is 0 Å². The van der Waals surface area contributed by atoms with Crippen molar-refractivity contribution in [3.63, 3.8) is 0 Å². The first-order valence-electron chi connectivity index (χ1n) is 3.38. The van der Waals surface area contributed by atoms with Crippen LogP contribution in [0.25, 0.3) is 0 Å². The summed E-state index contributed by atoms with van der Waals surface area (Å²) >= 11 is 5.41. The molecule has 68 valence electrons. The standard InChI is InChI=1S/C7H8ClF2NO/c8-6-2-1-5(12-6)4(3-11)7(9)10/h1-2,4,7H,3,11H2. The van der Waals surface area contributed by atoms with Gasteiger partial charge in [0.1, 0.15) is 5.76 Å². The van der Waals surface area contributed by atoms with Crippen LogP contribution in [0.5, 0.6) is 0 Å². The molecule has 0 radical (unpaired) electrons. The molecule has 0 aliphatic heterocycles. The van der Waals surface area contributed by atoms with Gasteiger partial charge < -0.3 is 10.2 Å². The lowest BCUT2D eigenvalue weighted by atomic mass is 10.1. The van der Waals surface area contributed by atoms with Crippen LogP contribution in [-0.4, -0.2) is 13.0 Å². The Kier molecular flexibility index (Phi) is 3.05. The van der Waals surface area contributed by atoms with Crippen LogP contribution < -0.4 is 5.73 Å². The van der Waals surface area contributed by atoms with Gasteiger partial charge in [-0.1, -0.05) is 0 Å². The minimum Gasteiger partial charge on any atom is -0.449 e. The van der Waals surface area contributed by atoms with Crippen molar-refractivity contribution in [1.29, 1.82) is 0 Å². The maximum Gasteiger partial charge on any atom is 0.249 e. The van der Waals surface area contributed by atoms with Crippen molar-refractivity contribution >= 4 is 11.6 Å². The minimum atomic E-state index is -2.52. The maximum absolute atomic E-state index is 12.2. The van der Waals surface area contributed by atoms with Crippen molar-refractivity contribution in [2.75, 3.05) is 6.54 Å². The third-order valence-corrected chi connectivity index (χ3v) is 1.72. The van der Waals surface area contributed by atoms with E-state index in [2.05, 4.69) is 0 Å². The number of nitrogens with two attached hydrogens (primary N) is 1. The van der Waals surface area contributed by atoms with Crippen LogP contribution in [-0.2, 0) is 0 Å². The molecule has 0 saturated carbocycles. The molecular weight excluding hydrogens is 188 g/mol. The van der Waals surface area contributed by atoms with E-state index in [0.717, 1.165) is 0 Å².